The molecule has 1 aromatic rings. The minimum absolute atomic E-state index is 0.151. The Morgan fingerprint density at radius 1 is 1.56 bits per heavy atom. The van der Waals surface area contributed by atoms with Crippen molar-refractivity contribution in [2.45, 2.75) is 6.92 Å². The van der Waals surface area contributed by atoms with Crippen LogP contribution in [-0.2, 0) is 14.3 Å². The highest BCUT2D eigenvalue weighted by Crippen LogP contribution is 2.28. The number of benzene rings is 1. The zero-order chi connectivity index (χ0) is 13.0. The molecule has 0 amide bonds. The maximum Gasteiger partial charge on any atom is 0.330 e. The zero-order valence-electron chi connectivity index (χ0n) is 9.93. The van der Waals surface area contributed by atoms with Crippen LogP contribution in [0.15, 0.2) is 24.3 Å². The summed E-state index contributed by atoms with van der Waals surface area (Å²) in [6, 6.07) is 5.25. The Bertz CT molecular complexity index is 508. The molecule has 0 atom stereocenters. The Balaban J connectivity index is 2.12. The van der Waals surface area contributed by atoms with E-state index >= 15 is 0 Å². The lowest BCUT2D eigenvalue weighted by Crippen LogP contribution is -2.24. The number of nitrogens with one attached hydrogen (secondary N) is 1. The Morgan fingerprint density at radius 2 is 2.39 bits per heavy atom. The molecule has 1 heterocycles. The highest BCUT2D eigenvalue weighted by Gasteiger charge is 2.15. The third-order valence-electron chi connectivity index (χ3n) is 2.35. The molecule has 0 aromatic heterocycles. The summed E-state index contributed by atoms with van der Waals surface area (Å²) in [4.78, 5) is 22.2. The van der Waals surface area contributed by atoms with Crippen LogP contribution in [0.25, 0.3) is 6.08 Å². The Kier molecular flexibility index (Phi) is 3.62. The Labute approximate surface area is 104 Å². The van der Waals surface area contributed by atoms with Crippen molar-refractivity contribution in [3.63, 3.8) is 0 Å². The van der Waals surface area contributed by atoms with Crippen LogP contribution in [0.5, 0.6) is 5.75 Å². The molecule has 0 saturated heterocycles. The van der Waals surface area contributed by atoms with E-state index in [-0.39, 0.29) is 18.5 Å². The van der Waals surface area contributed by atoms with E-state index in [4.69, 9.17) is 9.47 Å². The molecule has 1 aliphatic heterocycles. The maximum absolute atomic E-state index is 11.2. The summed E-state index contributed by atoms with van der Waals surface area (Å²) in [5, 5.41) is 2.94. The Morgan fingerprint density at radius 3 is 3.17 bits per heavy atom. The molecule has 1 N–H and O–H groups in total. The third-order valence-corrected chi connectivity index (χ3v) is 2.35. The number of hydrogen-bond acceptors (Lipinski definition) is 5. The monoisotopic (exact) mass is 247 g/mol. The average molecular weight is 247 g/mol. The zero-order valence-corrected chi connectivity index (χ0v) is 9.93. The molecule has 0 radical (unpaired) electrons. The number of esters is 2. The number of hydrogen-bond donors (Lipinski definition) is 1. The van der Waals surface area contributed by atoms with Crippen LogP contribution in [0.2, 0.25) is 0 Å². The second kappa shape index (κ2) is 5.35. The van der Waals surface area contributed by atoms with Crippen LogP contribution in [0.3, 0.4) is 0 Å². The molecule has 1 aromatic carbocycles. The van der Waals surface area contributed by atoms with Gasteiger partial charge in [-0.1, -0.05) is 6.07 Å². The highest BCUT2D eigenvalue weighted by molar-refractivity contribution is 5.88. The van der Waals surface area contributed by atoms with Crippen LogP contribution >= 0.6 is 0 Å². The van der Waals surface area contributed by atoms with E-state index < -0.39 is 0 Å². The molecular formula is C13H13NO4. The molecule has 18 heavy (non-hydrogen) atoms. The lowest BCUT2D eigenvalue weighted by Gasteiger charge is -2.17. The number of carbonyl (C=O) groups excluding carboxylic acids is 2. The molecule has 0 spiro atoms. The van der Waals surface area contributed by atoms with E-state index in [2.05, 4.69) is 5.32 Å². The summed E-state index contributed by atoms with van der Waals surface area (Å²) in [6.45, 7) is 2.26. The van der Waals surface area contributed by atoms with Gasteiger partial charge in [-0.25, -0.2) is 9.59 Å². The molecule has 1 aliphatic rings. The lowest BCUT2D eigenvalue weighted by molar-refractivity contribution is -0.137. The molecular weight excluding hydrogens is 234 g/mol. The van der Waals surface area contributed by atoms with Crippen LogP contribution in [0.4, 0.5) is 5.69 Å². The van der Waals surface area contributed by atoms with Gasteiger partial charge < -0.3 is 14.8 Å². The smallest absolute Gasteiger partial charge is 0.330 e. The standard InChI is InChI=1S/C13H13NO4/c1-2-17-12(15)6-4-9-3-5-11-10(7-9)14-8-13(16)18-11/h3-7,14H,2,8H2,1H3. The van der Waals surface area contributed by atoms with Gasteiger partial charge in [0, 0.05) is 6.08 Å². The third kappa shape index (κ3) is 2.88. The first-order chi connectivity index (χ1) is 8.69. The second-order valence-electron chi connectivity index (χ2n) is 3.67. The van der Waals surface area contributed by atoms with Crippen LogP contribution in [0.1, 0.15) is 12.5 Å². The molecule has 94 valence electrons. The number of rotatable bonds is 3. The van der Waals surface area contributed by atoms with Crippen molar-refractivity contribution in [3.05, 3.63) is 29.8 Å². The van der Waals surface area contributed by atoms with Gasteiger partial charge in [0.1, 0.15) is 6.54 Å². The normalized spacial score (nSPS) is 13.7. The van der Waals surface area contributed by atoms with E-state index in [1.54, 1.807) is 31.2 Å². The van der Waals surface area contributed by atoms with Crippen molar-refractivity contribution in [2.75, 3.05) is 18.5 Å². The minimum Gasteiger partial charge on any atom is -0.463 e. The van der Waals surface area contributed by atoms with Crippen LogP contribution in [-0.4, -0.2) is 25.1 Å². The number of ether oxygens (including phenoxy) is 2. The van der Waals surface area contributed by atoms with Gasteiger partial charge in [-0.15, -0.1) is 0 Å². The Hall–Kier alpha value is -2.30. The predicted molar refractivity (Wildman–Crippen MR) is 66.2 cm³/mol. The van der Waals surface area contributed by atoms with Crippen molar-refractivity contribution < 1.29 is 19.1 Å². The van der Waals surface area contributed by atoms with Crippen LogP contribution in [0, 0.1) is 0 Å². The van der Waals surface area contributed by atoms with Gasteiger partial charge in [0.05, 0.1) is 12.3 Å². The summed E-state index contributed by atoms with van der Waals surface area (Å²) in [6.07, 6.45) is 3.01. The topological polar surface area (TPSA) is 64.6 Å². The van der Waals surface area contributed by atoms with E-state index in [0.29, 0.717) is 12.4 Å². The SMILES string of the molecule is CCOC(=O)C=Cc1ccc2c(c1)NCC(=O)O2. The van der Waals surface area contributed by atoms with Crippen LogP contribution < -0.4 is 10.1 Å². The first-order valence-corrected chi connectivity index (χ1v) is 5.62. The van der Waals surface area contributed by atoms with Gasteiger partial charge in [0.15, 0.2) is 5.75 Å². The average Bonchev–Trinajstić information content (AvgIpc) is 2.36. The lowest BCUT2D eigenvalue weighted by atomic mass is 10.1. The van der Waals surface area contributed by atoms with Crippen molar-refractivity contribution in [1.82, 2.24) is 0 Å². The fraction of sp³-hybridized carbons (Fsp3) is 0.231. The first kappa shape index (κ1) is 12.2. The van der Waals surface area contributed by atoms with Gasteiger partial charge in [-0.05, 0) is 30.7 Å². The second-order valence-corrected chi connectivity index (χ2v) is 3.67. The van der Waals surface area contributed by atoms with Crippen molar-refractivity contribution >= 4 is 23.7 Å². The van der Waals surface area contributed by atoms with Crippen molar-refractivity contribution in [2.24, 2.45) is 0 Å². The molecule has 5 nitrogen and oxygen atoms in total. The maximum atomic E-state index is 11.2. The summed E-state index contributed by atoms with van der Waals surface area (Å²) < 4.78 is 9.81. The van der Waals surface area contributed by atoms with E-state index in [9.17, 15) is 9.59 Å². The van der Waals surface area contributed by atoms with E-state index in [1.165, 1.54) is 6.08 Å². The number of fused-ring (bicyclic) bond motifs is 1. The summed E-state index contributed by atoms with van der Waals surface area (Å²) in [5.74, 6) is -0.188. The molecule has 0 saturated carbocycles. The molecule has 0 aliphatic carbocycles. The minimum atomic E-state index is -0.380. The van der Waals surface area contributed by atoms with Gasteiger partial charge in [0.25, 0.3) is 0 Å². The summed E-state index contributed by atoms with van der Waals surface area (Å²) in [5.41, 5.74) is 1.56. The largest absolute Gasteiger partial charge is 0.463 e. The van der Waals surface area contributed by atoms with Gasteiger partial charge in [-0.2, -0.15) is 0 Å². The van der Waals surface area contributed by atoms with Crippen molar-refractivity contribution in [3.8, 4) is 5.75 Å². The van der Waals surface area contributed by atoms with Crippen molar-refractivity contribution in [1.29, 1.82) is 0 Å². The van der Waals surface area contributed by atoms with Gasteiger partial charge in [0.2, 0.25) is 0 Å². The fourth-order valence-electron chi connectivity index (χ4n) is 1.56. The highest BCUT2D eigenvalue weighted by atomic mass is 16.5. The first-order valence-electron chi connectivity index (χ1n) is 5.62. The van der Waals surface area contributed by atoms with Gasteiger partial charge >= 0.3 is 11.9 Å². The molecule has 2 rings (SSSR count). The molecule has 0 unspecified atom stereocenters. The molecule has 5 heteroatoms. The van der Waals surface area contributed by atoms with E-state index in [1.807, 2.05) is 0 Å². The molecule has 0 bridgehead atoms. The number of carbonyl (C=O) groups is 2. The predicted octanol–water partition coefficient (Wildman–Crippen LogP) is 1.59. The number of anilines is 1. The quantitative estimate of drug-likeness (QED) is 0.499. The molecule has 0 fully saturated rings. The summed E-state index contributed by atoms with van der Waals surface area (Å²) >= 11 is 0. The van der Waals surface area contributed by atoms with E-state index in [0.717, 1.165) is 11.3 Å². The summed E-state index contributed by atoms with van der Waals surface area (Å²) in [7, 11) is 0. The fourth-order valence-corrected chi connectivity index (χ4v) is 1.56. The van der Waals surface area contributed by atoms with Gasteiger partial charge in [-0.3, -0.25) is 0 Å².